The molecule has 0 aromatic heterocycles. The monoisotopic (exact) mass is 1210 g/mol. The minimum absolute atomic E-state index is 0. The van der Waals surface area contributed by atoms with Crippen LogP contribution in [0.4, 0.5) is 34.1 Å². The van der Waals surface area contributed by atoms with Crippen molar-refractivity contribution in [3.05, 3.63) is 166 Å². The molecule has 380 valence electrons. The Labute approximate surface area is 481 Å². The van der Waals surface area contributed by atoms with Crippen LogP contribution in [0, 0.1) is 0 Å². The number of carbonyl (C=O) groups is 1. The molecule has 0 aliphatic carbocycles. The van der Waals surface area contributed by atoms with Crippen molar-refractivity contribution in [2.24, 2.45) is 25.4 Å². The smallest absolute Gasteiger partial charge is 0.871 e. The van der Waals surface area contributed by atoms with Crippen LogP contribution in [0.3, 0.4) is 0 Å². The number of halogens is 2. The summed E-state index contributed by atoms with van der Waals surface area (Å²) in [7, 11) is -6.49. The molecule has 0 saturated carbocycles. The number of nitrogens with one attached hydrogen (secondary N) is 1. The average Bonchev–Trinajstić information content (AvgIpc) is 3.37. The Bertz CT molecular complexity index is 3830. The van der Waals surface area contributed by atoms with Crippen LogP contribution >= 0.6 is 23.2 Å². The van der Waals surface area contributed by atoms with E-state index in [1.165, 1.54) is 50.6 Å². The molecule has 0 radical (unpaired) electrons. The Hall–Kier alpha value is -6.41. The van der Waals surface area contributed by atoms with Crippen LogP contribution in [0.1, 0.15) is 40.9 Å². The zero-order valence-corrected chi connectivity index (χ0v) is 47.7. The van der Waals surface area contributed by atoms with E-state index in [0.717, 1.165) is 0 Å². The number of para-hydroxylation sites is 4. The SMILES string of the molecule is CCc1cc(Cl)c(N=Nc2c(O)c(C(=O)Nc3ccccc3OC)cc3ccccc23)c(S(=O)(=O)O)c1.CCc1cc(Cl)c(N=Nc2c([O-])c(C([O-])=Nc3ccccc3OC)cc3ccccc23)c(S(=O)(=O)O)c1.[Ba+2]. The molecule has 23 heteroatoms. The van der Waals surface area contributed by atoms with Crippen molar-refractivity contribution in [3.8, 4) is 23.0 Å². The number of ether oxygens (including phenoxy) is 2. The molecule has 18 nitrogen and oxygen atoms in total. The van der Waals surface area contributed by atoms with Crippen LogP contribution in [0.2, 0.25) is 10.0 Å². The van der Waals surface area contributed by atoms with E-state index < -0.39 is 53.3 Å². The van der Waals surface area contributed by atoms with Crippen molar-refractivity contribution in [2.45, 2.75) is 36.5 Å². The molecule has 0 unspecified atom stereocenters. The molecule has 75 heavy (non-hydrogen) atoms. The van der Waals surface area contributed by atoms with Crippen molar-refractivity contribution >= 4 is 160 Å². The number of rotatable bonds is 14. The van der Waals surface area contributed by atoms with Gasteiger partial charge in [-0.1, -0.05) is 116 Å². The summed E-state index contributed by atoms with van der Waals surface area (Å²) in [6.45, 7) is 3.58. The Kier molecular flexibility index (Phi) is 19.3. The zero-order valence-electron chi connectivity index (χ0n) is 40.1. The molecule has 0 bridgehead atoms. The number of phenols is 1. The summed E-state index contributed by atoms with van der Waals surface area (Å²) in [5, 5.41) is 58.0. The number of methoxy groups -OCH3 is 2. The molecule has 0 saturated heterocycles. The fourth-order valence-electron chi connectivity index (χ4n) is 7.44. The maximum absolute atomic E-state index is 13.4. The topological polar surface area (TPSA) is 284 Å². The summed E-state index contributed by atoms with van der Waals surface area (Å²) < 4.78 is 78.0. The quantitative estimate of drug-likeness (QED) is 0.0260. The van der Waals surface area contributed by atoms with Crippen LogP contribution in [0.5, 0.6) is 23.0 Å². The van der Waals surface area contributed by atoms with E-state index in [4.69, 9.17) is 32.7 Å². The van der Waals surface area contributed by atoms with Crippen LogP contribution in [-0.4, -0.2) is 106 Å². The molecule has 4 N–H and O–H groups in total. The number of azo groups is 2. The summed E-state index contributed by atoms with van der Waals surface area (Å²) in [5.41, 5.74) is 0.472. The van der Waals surface area contributed by atoms with Gasteiger partial charge >= 0.3 is 48.9 Å². The Balaban J connectivity index is 0.000000241. The van der Waals surface area contributed by atoms with Gasteiger partial charge in [0.05, 0.1) is 41.2 Å². The molecule has 0 aliphatic rings. The molecular formula is C52H42BaCl2N6O12S2. The molecule has 8 aromatic rings. The zero-order chi connectivity index (χ0) is 53.5. The molecule has 0 heterocycles. The summed E-state index contributed by atoms with van der Waals surface area (Å²) >= 11 is 12.5. The van der Waals surface area contributed by atoms with E-state index in [2.05, 4.69) is 30.8 Å². The van der Waals surface area contributed by atoms with Gasteiger partial charge in [0.2, 0.25) is 0 Å². The molecule has 0 aliphatic heterocycles. The average molecular weight is 1220 g/mol. The fourth-order valence-corrected chi connectivity index (χ4v) is 9.50. The Morgan fingerprint density at radius 1 is 0.613 bits per heavy atom. The van der Waals surface area contributed by atoms with Crippen molar-refractivity contribution < 1.29 is 55.5 Å². The minimum Gasteiger partial charge on any atom is -0.871 e. The van der Waals surface area contributed by atoms with E-state index in [1.54, 1.807) is 111 Å². The van der Waals surface area contributed by atoms with Gasteiger partial charge in [-0.25, -0.2) is 0 Å². The van der Waals surface area contributed by atoms with Gasteiger partial charge in [-0.2, -0.15) is 21.9 Å². The third-order valence-electron chi connectivity index (χ3n) is 11.2. The number of phenolic OH excluding ortho intramolecular Hbond substituents is 1. The molecule has 0 atom stereocenters. The van der Waals surface area contributed by atoms with Crippen molar-refractivity contribution in [2.75, 3.05) is 19.5 Å². The van der Waals surface area contributed by atoms with E-state index in [9.17, 15) is 46.1 Å². The number of hydrogen-bond donors (Lipinski definition) is 4. The second kappa shape index (κ2) is 25.0. The second-order valence-corrected chi connectivity index (χ2v) is 19.4. The Morgan fingerprint density at radius 3 is 1.57 bits per heavy atom. The third-order valence-corrected chi connectivity index (χ3v) is 13.5. The summed E-state index contributed by atoms with van der Waals surface area (Å²) in [4.78, 5) is 16.1. The van der Waals surface area contributed by atoms with Gasteiger partial charge in [0.25, 0.3) is 26.1 Å². The number of hydrogen-bond acceptors (Lipinski definition) is 15. The second-order valence-electron chi connectivity index (χ2n) is 15.8. The molecule has 1 amide bonds. The van der Waals surface area contributed by atoms with Gasteiger partial charge in [-0.3, -0.25) is 18.9 Å². The number of aromatic hydroxyl groups is 1. The number of fused-ring (bicyclic) bond motifs is 2. The molecule has 8 rings (SSSR count). The number of aryl methyl sites for hydroxylation is 2. The first-order valence-corrected chi connectivity index (χ1v) is 25.7. The summed E-state index contributed by atoms with van der Waals surface area (Å²) in [6.07, 6.45) is 0.920. The molecule has 0 fully saturated rings. The summed E-state index contributed by atoms with van der Waals surface area (Å²) in [5.74, 6) is -1.91. The standard InChI is InChI=1S/2C26H22ClN3O6S.Ba/c2*1-3-15-12-19(27)24(22(13-15)37(33,34)35)30-29-23-17-9-5-4-8-16(17)14-18(25(23)31)26(32)28-20-10-6-7-11-21(20)36-2;/h2*4-14,31H,3H2,1-2H3,(H,28,32)(H,33,34,35);/q;;+2/p-2. The number of nitrogens with zero attached hydrogens (tertiary/aromatic N) is 5. The van der Waals surface area contributed by atoms with Gasteiger partial charge < -0.3 is 30.1 Å². The molecule has 8 aromatic carbocycles. The van der Waals surface area contributed by atoms with Gasteiger partial charge in [0.15, 0.2) is 5.75 Å². The van der Waals surface area contributed by atoms with Crippen LogP contribution in [0.25, 0.3) is 21.5 Å². The molecular weight excluding hydrogens is 1170 g/mol. The van der Waals surface area contributed by atoms with Gasteiger partial charge in [0.1, 0.15) is 44.0 Å². The Morgan fingerprint density at radius 2 is 1.05 bits per heavy atom. The number of benzene rings is 8. The van der Waals surface area contributed by atoms with Crippen molar-refractivity contribution in [1.82, 2.24) is 0 Å². The van der Waals surface area contributed by atoms with Crippen LogP contribution < -0.4 is 25.0 Å². The number of amides is 1. The number of aliphatic imine (C=N–C) groups is 1. The number of carbonyl (C=O) groups excluding carboxylic acids is 1. The maximum Gasteiger partial charge on any atom is 2.00 e. The van der Waals surface area contributed by atoms with Crippen LogP contribution in [0.15, 0.2) is 169 Å². The van der Waals surface area contributed by atoms with Gasteiger partial charge in [-0.15, -0.1) is 15.3 Å². The predicted molar refractivity (Wildman–Crippen MR) is 285 cm³/mol. The fraction of sp³-hybridized carbons (Fsp3) is 0.115. The van der Waals surface area contributed by atoms with Crippen LogP contribution in [-0.2, 0) is 33.1 Å². The number of anilines is 1. The summed E-state index contributed by atoms with van der Waals surface area (Å²) in [6, 6.07) is 35.3. The maximum atomic E-state index is 13.4. The predicted octanol–water partition coefficient (Wildman–Crippen LogP) is 11.5. The third kappa shape index (κ3) is 13.3. The van der Waals surface area contributed by atoms with Crippen molar-refractivity contribution in [3.63, 3.8) is 0 Å². The van der Waals surface area contributed by atoms with Gasteiger partial charge in [0, 0.05) is 10.8 Å². The van der Waals surface area contributed by atoms with E-state index >= 15 is 0 Å². The largest absolute Gasteiger partial charge is 2.00 e. The normalized spacial score (nSPS) is 11.9. The van der Waals surface area contributed by atoms with E-state index in [1.807, 2.05) is 0 Å². The van der Waals surface area contributed by atoms with E-state index in [0.29, 0.717) is 62.7 Å². The molecule has 0 spiro atoms. The first-order valence-electron chi connectivity index (χ1n) is 22.0. The van der Waals surface area contributed by atoms with Crippen molar-refractivity contribution in [1.29, 1.82) is 0 Å². The first kappa shape index (κ1) is 57.9. The van der Waals surface area contributed by atoms with Gasteiger partial charge in [-0.05, 0) is 107 Å². The first-order chi connectivity index (χ1) is 35.3. The van der Waals surface area contributed by atoms with E-state index in [-0.39, 0.29) is 98.5 Å². The minimum atomic E-state index is -4.71.